The molecule has 2 rings (SSSR count). The Labute approximate surface area is 94.1 Å². The molecule has 0 bridgehead atoms. The molecule has 4 heteroatoms. The maximum atomic E-state index is 11.1. The van der Waals surface area contributed by atoms with E-state index in [2.05, 4.69) is 21.2 Å². The van der Waals surface area contributed by atoms with Crippen molar-refractivity contribution in [3.8, 4) is 0 Å². The fourth-order valence-corrected chi connectivity index (χ4v) is 2.15. The second-order valence-electron chi connectivity index (χ2n) is 2.86. The van der Waals surface area contributed by atoms with Crippen LogP contribution in [0.5, 0.6) is 0 Å². The molecule has 72 valence electrons. The van der Waals surface area contributed by atoms with Crippen molar-refractivity contribution in [2.24, 2.45) is 0 Å². The molecule has 0 unspecified atom stereocenters. The first-order chi connectivity index (χ1) is 6.79. The minimum absolute atomic E-state index is 0.0282. The Morgan fingerprint density at radius 3 is 3.07 bits per heavy atom. The second kappa shape index (κ2) is 4.11. The van der Waals surface area contributed by atoms with Gasteiger partial charge < -0.3 is 5.32 Å². The molecule has 0 saturated heterocycles. The molecule has 1 aromatic carbocycles. The molecule has 0 aliphatic carbocycles. The zero-order chi connectivity index (χ0) is 9.97. The van der Waals surface area contributed by atoms with Crippen molar-refractivity contribution in [1.82, 2.24) is 0 Å². The number of thiophene rings is 1. The van der Waals surface area contributed by atoms with Gasteiger partial charge in [0.15, 0.2) is 0 Å². The van der Waals surface area contributed by atoms with Gasteiger partial charge in [-0.2, -0.15) is 0 Å². The number of amides is 1. The third kappa shape index (κ3) is 1.96. The van der Waals surface area contributed by atoms with E-state index in [1.807, 2.05) is 29.6 Å². The topological polar surface area (TPSA) is 29.1 Å². The maximum absolute atomic E-state index is 11.1. The monoisotopic (exact) mass is 269 g/mol. The summed E-state index contributed by atoms with van der Waals surface area (Å²) >= 11 is 4.80. The summed E-state index contributed by atoms with van der Waals surface area (Å²) < 4.78 is 1.24. The van der Waals surface area contributed by atoms with Crippen molar-refractivity contribution >= 4 is 48.9 Å². The average Bonchev–Trinajstić information content (AvgIpc) is 2.64. The number of benzene rings is 1. The smallest absolute Gasteiger partial charge is 0.235 e. The van der Waals surface area contributed by atoms with Gasteiger partial charge in [0, 0.05) is 10.4 Å². The SMILES string of the molecule is O=C(CBr)Nc1ccc2sccc2c1. The van der Waals surface area contributed by atoms with Crippen molar-refractivity contribution in [2.75, 3.05) is 10.6 Å². The van der Waals surface area contributed by atoms with E-state index in [1.54, 1.807) is 11.3 Å². The van der Waals surface area contributed by atoms with Crippen molar-refractivity contribution in [1.29, 1.82) is 0 Å². The Balaban J connectivity index is 2.30. The number of hydrogen-bond acceptors (Lipinski definition) is 2. The predicted octanol–water partition coefficient (Wildman–Crippen LogP) is 3.23. The first-order valence-corrected chi connectivity index (χ1v) is 6.13. The van der Waals surface area contributed by atoms with Crippen LogP contribution in [0, 0.1) is 0 Å². The van der Waals surface area contributed by atoms with Crippen molar-refractivity contribution in [3.63, 3.8) is 0 Å². The fraction of sp³-hybridized carbons (Fsp3) is 0.100. The summed E-state index contributed by atoms with van der Waals surface area (Å²) in [7, 11) is 0. The molecule has 0 fully saturated rings. The van der Waals surface area contributed by atoms with Crippen molar-refractivity contribution in [3.05, 3.63) is 29.6 Å². The Morgan fingerprint density at radius 1 is 1.43 bits per heavy atom. The van der Waals surface area contributed by atoms with Crippen molar-refractivity contribution in [2.45, 2.75) is 0 Å². The van der Waals surface area contributed by atoms with E-state index in [-0.39, 0.29) is 5.91 Å². The van der Waals surface area contributed by atoms with Crippen LogP contribution in [0.2, 0.25) is 0 Å². The van der Waals surface area contributed by atoms with Gasteiger partial charge in [0.25, 0.3) is 0 Å². The third-order valence-electron chi connectivity index (χ3n) is 1.86. The van der Waals surface area contributed by atoms with Crippen molar-refractivity contribution < 1.29 is 4.79 Å². The molecule has 0 spiro atoms. The molecule has 0 aliphatic heterocycles. The van der Waals surface area contributed by atoms with E-state index < -0.39 is 0 Å². The van der Waals surface area contributed by atoms with Gasteiger partial charge in [-0.1, -0.05) is 15.9 Å². The molecule has 0 aliphatic rings. The molecule has 1 N–H and O–H groups in total. The average molecular weight is 270 g/mol. The predicted molar refractivity (Wildman–Crippen MR) is 64.2 cm³/mol. The summed E-state index contributed by atoms with van der Waals surface area (Å²) in [6.07, 6.45) is 0. The normalized spacial score (nSPS) is 10.4. The number of fused-ring (bicyclic) bond motifs is 1. The molecule has 0 radical (unpaired) electrons. The number of rotatable bonds is 2. The Morgan fingerprint density at radius 2 is 2.29 bits per heavy atom. The number of carbonyl (C=O) groups is 1. The zero-order valence-electron chi connectivity index (χ0n) is 7.29. The lowest BCUT2D eigenvalue weighted by molar-refractivity contribution is -0.113. The Hall–Kier alpha value is -0.870. The molecule has 1 heterocycles. The first-order valence-electron chi connectivity index (χ1n) is 4.12. The number of alkyl halides is 1. The van der Waals surface area contributed by atoms with Gasteiger partial charge in [0.05, 0.1) is 5.33 Å². The van der Waals surface area contributed by atoms with Crippen LogP contribution in [-0.4, -0.2) is 11.2 Å². The molecule has 2 aromatic rings. The van der Waals surface area contributed by atoms with E-state index in [1.165, 1.54) is 10.1 Å². The van der Waals surface area contributed by atoms with Gasteiger partial charge in [0.2, 0.25) is 5.91 Å². The summed E-state index contributed by atoms with van der Waals surface area (Å²) in [6, 6.07) is 7.96. The minimum Gasteiger partial charge on any atom is -0.325 e. The van der Waals surface area contributed by atoms with E-state index in [0.717, 1.165) is 5.69 Å². The van der Waals surface area contributed by atoms with Crippen LogP contribution in [-0.2, 0) is 4.79 Å². The van der Waals surface area contributed by atoms with Gasteiger partial charge in [-0.05, 0) is 35.0 Å². The quantitative estimate of drug-likeness (QED) is 0.834. The van der Waals surface area contributed by atoms with E-state index in [0.29, 0.717) is 5.33 Å². The van der Waals surface area contributed by atoms with E-state index in [9.17, 15) is 4.79 Å². The molecule has 1 amide bonds. The van der Waals surface area contributed by atoms with Gasteiger partial charge in [-0.25, -0.2) is 0 Å². The minimum atomic E-state index is -0.0282. The van der Waals surface area contributed by atoms with Crippen LogP contribution in [0.1, 0.15) is 0 Å². The molecule has 1 aromatic heterocycles. The number of anilines is 1. The van der Waals surface area contributed by atoms with Gasteiger partial charge in [-0.15, -0.1) is 11.3 Å². The van der Waals surface area contributed by atoms with E-state index >= 15 is 0 Å². The largest absolute Gasteiger partial charge is 0.325 e. The number of carbonyl (C=O) groups excluding carboxylic acids is 1. The van der Waals surface area contributed by atoms with Crippen LogP contribution < -0.4 is 5.32 Å². The second-order valence-corrected chi connectivity index (χ2v) is 4.36. The number of hydrogen-bond donors (Lipinski definition) is 1. The van der Waals surface area contributed by atoms with Crippen LogP contribution in [0.3, 0.4) is 0 Å². The summed E-state index contributed by atoms with van der Waals surface area (Å²) in [4.78, 5) is 11.1. The summed E-state index contributed by atoms with van der Waals surface area (Å²) in [5.41, 5.74) is 0.848. The highest BCUT2D eigenvalue weighted by molar-refractivity contribution is 9.09. The highest BCUT2D eigenvalue weighted by Crippen LogP contribution is 2.23. The van der Waals surface area contributed by atoms with Gasteiger partial charge in [-0.3, -0.25) is 4.79 Å². The summed E-state index contributed by atoms with van der Waals surface area (Å²) in [5.74, 6) is -0.0282. The van der Waals surface area contributed by atoms with Gasteiger partial charge >= 0.3 is 0 Å². The molecule has 0 saturated carbocycles. The Bertz CT molecular complexity index is 466. The van der Waals surface area contributed by atoms with E-state index in [4.69, 9.17) is 0 Å². The molecule has 2 nitrogen and oxygen atoms in total. The molecule has 14 heavy (non-hydrogen) atoms. The highest BCUT2D eigenvalue weighted by atomic mass is 79.9. The molecular formula is C10H8BrNOS. The highest BCUT2D eigenvalue weighted by Gasteiger charge is 2.00. The van der Waals surface area contributed by atoms with Crippen LogP contribution >= 0.6 is 27.3 Å². The lowest BCUT2D eigenvalue weighted by atomic mass is 10.2. The van der Waals surface area contributed by atoms with Gasteiger partial charge in [0.1, 0.15) is 0 Å². The number of halogens is 1. The lowest BCUT2D eigenvalue weighted by Gasteiger charge is -2.02. The summed E-state index contributed by atoms with van der Waals surface area (Å²) in [6.45, 7) is 0. The zero-order valence-corrected chi connectivity index (χ0v) is 9.69. The van der Waals surface area contributed by atoms with Crippen LogP contribution in [0.15, 0.2) is 29.6 Å². The fourth-order valence-electron chi connectivity index (χ4n) is 1.24. The Kier molecular flexibility index (Phi) is 2.84. The number of nitrogens with one attached hydrogen (secondary N) is 1. The molecule has 0 atom stereocenters. The van der Waals surface area contributed by atoms with Crippen LogP contribution in [0.4, 0.5) is 5.69 Å². The lowest BCUT2D eigenvalue weighted by Crippen LogP contribution is -2.11. The maximum Gasteiger partial charge on any atom is 0.235 e. The third-order valence-corrected chi connectivity index (χ3v) is 3.26. The summed E-state index contributed by atoms with van der Waals surface area (Å²) in [5, 5.41) is 6.33. The standard InChI is InChI=1S/C10H8BrNOS/c11-6-10(13)12-8-1-2-9-7(5-8)3-4-14-9/h1-5H,6H2,(H,12,13). The first kappa shape index (κ1) is 9.68. The molecular weight excluding hydrogens is 262 g/mol. The van der Waals surface area contributed by atoms with Crippen LogP contribution in [0.25, 0.3) is 10.1 Å².